The zero-order valence-electron chi connectivity index (χ0n) is 34.6. The number of allylic oxidation sites excluding steroid dienone is 1. The molecule has 3 unspecified atom stereocenters. The van der Waals surface area contributed by atoms with Gasteiger partial charge in [-0.15, -0.1) is 0 Å². The molecule has 5 fully saturated rings. The van der Waals surface area contributed by atoms with Crippen LogP contribution in [-0.2, 0) is 10.0 Å². The summed E-state index contributed by atoms with van der Waals surface area (Å²) >= 11 is 5.84. The first-order valence-electron chi connectivity index (χ1n) is 21.3. The van der Waals surface area contributed by atoms with E-state index in [1.54, 1.807) is 24.3 Å². The molecule has 4 bridgehead atoms. The van der Waals surface area contributed by atoms with E-state index in [9.17, 15) is 31.5 Å². The summed E-state index contributed by atoms with van der Waals surface area (Å²) in [5, 5.41) is 15.1. The Morgan fingerprint density at radius 3 is 2.25 bits per heavy atom. The quantitative estimate of drug-likeness (QED) is 0.155. The summed E-state index contributed by atoms with van der Waals surface area (Å²) in [4.78, 5) is 17.3. The number of carbonyl (C=O) groups is 1. The summed E-state index contributed by atoms with van der Waals surface area (Å²) in [6, 6.07) is 18.5. The van der Waals surface area contributed by atoms with Crippen LogP contribution in [0.4, 0.5) is 24.5 Å². The molecule has 14 heteroatoms. The maximum atomic E-state index is 13.8. The molecule has 5 aliphatic carbocycles. The van der Waals surface area contributed by atoms with Crippen molar-refractivity contribution in [3.05, 3.63) is 88.5 Å². The highest BCUT2D eigenvalue weighted by molar-refractivity contribution is 8.00. The maximum Gasteiger partial charge on any atom is 0.446 e. The van der Waals surface area contributed by atoms with Crippen LogP contribution in [0.2, 0.25) is 5.02 Å². The van der Waals surface area contributed by atoms with E-state index in [2.05, 4.69) is 52.7 Å². The fourth-order valence-corrected chi connectivity index (χ4v) is 13.2. The van der Waals surface area contributed by atoms with Gasteiger partial charge in [0.2, 0.25) is 0 Å². The van der Waals surface area contributed by atoms with Crippen molar-refractivity contribution >= 4 is 56.2 Å². The Labute approximate surface area is 361 Å². The van der Waals surface area contributed by atoms with E-state index in [4.69, 9.17) is 11.6 Å². The Morgan fingerprint density at radius 2 is 1.63 bits per heavy atom. The number of anilines is 2. The van der Waals surface area contributed by atoms with Gasteiger partial charge in [0.25, 0.3) is 15.9 Å². The van der Waals surface area contributed by atoms with Crippen molar-refractivity contribution in [1.29, 1.82) is 0 Å². The van der Waals surface area contributed by atoms with Gasteiger partial charge in [-0.2, -0.15) is 13.2 Å². The van der Waals surface area contributed by atoms with E-state index in [0.29, 0.717) is 30.7 Å². The van der Waals surface area contributed by atoms with Gasteiger partial charge in [0.1, 0.15) is 0 Å². The largest absolute Gasteiger partial charge is 0.446 e. The molecule has 4 saturated carbocycles. The number of amides is 1. The van der Waals surface area contributed by atoms with Crippen LogP contribution < -0.4 is 14.9 Å². The Hall–Kier alpha value is -3.23. The minimum atomic E-state index is -4.67. The maximum absolute atomic E-state index is 13.8. The molecule has 3 aromatic carbocycles. The van der Waals surface area contributed by atoms with Crippen molar-refractivity contribution in [1.82, 2.24) is 9.62 Å². The van der Waals surface area contributed by atoms with Crippen molar-refractivity contribution in [3.63, 3.8) is 0 Å². The molecule has 6 aliphatic rings. The monoisotopic (exact) mass is 884 g/mol. The van der Waals surface area contributed by atoms with Crippen LogP contribution in [0, 0.1) is 28.6 Å². The van der Waals surface area contributed by atoms with Gasteiger partial charge in [-0.25, -0.2) is 13.1 Å². The minimum absolute atomic E-state index is 0.119. The molecule has 1 saturated heterocycles. The van der Waals surface area contributed by atoms with Gasteiger partial charge in [0.05, 0.1) is 10.5 Å². The minimum Gasteiger partial charge on any atom is -0.390 e. The number of nitrogens with zero attached hydrogens (tertiary/aromatic N) is 2. The molecule has 0 aromatic heterocycles. The highest BCUT2D eigenvalue weighted by atomic mass is 35.5. The van der Waals surface area contributed by atoms with E-state index >= 15 is 0 Å². The Bertz CT molecular complexity index is 2210. The van der Waals surface area contributed by atoms with Gasteiger partial charge >= 0.3 is 5.51 Å². The molecule has 1 aliphatic heterocycles. The van der Waals surface area contributed by atoms with Gasteiger partial charge < -0.3 is 15.3 Å². The molecular formula is C46H56ClF3N4O4S2. The van der Waals surface area contributed by atoms with E-state index in [1.165, 1.54) is 28.8 Å². The van der Waals surface area contributed by atoms with Gasteiger partial charge in [-0.3, -0.25) is 9.69 Å². The summed E-state index contributed by atoms with van der Waals surface area (Å²) in [7, 11) is -4.51. The van der Waals surface area contributed by atoms with E-state index in [-0.39, 0.29) is 38.7 Å². The number of hydrogen-bond donors (Lipinski definition) is 3. The molecule has 9 rings (SSSR count). The summed E-state index contributed by atoms with van der Waals surface area (Å²) in [5.41, 5.74) is 0.0309. The van der Waals surface area contributed by atoms with Crippen LogP contribution in [0.25, 0.3) is 5.57 Å². The second kappa shape index (κ2) is 16.5. The van der Waals surface area contributed by atoms with Crippen LogP contribution in [0.15, 0.2) is 82.1 Å². The second-order valence-corrected chi connectivity index (χ2v) is 22.3. The molecule has 8 nitrogen and oxygen atoms in total. The zero-order chi connectivity index (χ0) is 42.7. The molecule has 1 amide bonds. The average molecular weight is 886 g/mol. The molecular weight excluding hydrogens is 829 g/mol. The fraction of sp³-hybridized carbons (Fsp3) is 0.543. The molecule has 3 N–H and O–H groups in total. The number of halogens is 4. The summed E-state index contributed by atoms with van der Waals surface area (Å²) in [6.07, 6.45) is 8.36. The second-order valence-electron chi connectivity index (χ2n) is 19.1. The third-order valence-electron chi connectivity index (χ3n) is 14.4. The first-order chi connectivity index (χ1) is 28.3. The van der Waals surface area contributed by atoms with Gasteiger partial charge in [0.15, 0.2) is 0 Å². The molecule has 3 atom stereocenters. The van der Waals surface area contributed by atoms with Crippen LogP contribution >= 0.6 is 23.4 Å². The predicted molar refractivity (Wildman–Crippen MR) is 234 cm³/mol. The first kappa shape index (κ1) is 43.4. The van der Waals surface area contributed by atoms with Gasteiger partial charge in [0, 0.05) is 66.1 Å². The summed E-state index contributed by atoms with van der Waals surface area (Å²) in [5.74, 6) is 0.530. The highest BCUT2D eigenvalue weighted by Crippen LogP contribution is 2.61. The molecule has 1 heterocycles. The normalized spacial score (nSPS) is 28.4. The lowest BCUT2D eigenvalue weighted by molar-refractivity contribution is -0.158. The van der Waals surface area contributed by atoms with Crippen LogP contribution in [0.5, 0.6) is 0 Å². The van der Waals surface area contributed by atoms with Crippen molar-refractivity contribution in [3.8, 4) is 0 Å². The van der Waals surface area contributed by atoms with Crippen LogP contribution in [0.3, 0.4) is 0 Å². The molecule has 0 spiro atoms. The number of alkyl halides is 3. The summed E-state index contributed by atoms with van der Waals surface area (Å²) in [6.45, 7) is 11.7. The Kier molecular flexibility index (Phi) is 11.9. The number of aliphatic hydroxyl groups is 1. The van der Waals surface area contributed by atoms with Crippen molar-refractivity contribution < 1.29 is 31.5 Å². The first-order valence-corrected chi connectivity index (χ1v) is 23.9. The molecule has 324 valence electrons. The van der Waals surface area contributed by atoms with E-state index < -0.39 is 31.9 Å². The SMILES string of the molecule is CC(C)C1(C)CCC(c2ccc(Cl)cc2)=C(CN2CCN(c3ccc(C(=O)NS(=O)(=O)c4ccc(NCC56CC7CC(CC(O)(C7)C5)C6)c(SC(F)(F)F)c4)cc3)CC2)C1. The topological polar surface area (TPSA) is 102 Å². The third kappa shape index (κ3) is 9.55. The molecule has 3 aromatic rings. The number of carbonyl (C=O) groups excluding carboxylic acids is 1. The van der Waals surface area contributed by atoms with E-state index in [0.717, 1.165) is 101 Å². The summed E-state index contributed by atoms with van der Waals surface area (Å²) < 4.78 is 70.3. The Morgan fingerprint density at radius 1 is 0.967 bits per heavy atom. The number of hydrogen-bond acceptors (Lipinski definition) is 8. The number of sulfonamides is 1. The standard InChI is InChI=1S/C46H56ClF3N4O4S2/c1-30(2)43(3)15-14-39(33-4-8-36(47)9-5-33)35(26-43)27-53-16-18-54(19-17-53)37-10-6-34(7-11-37)42(55)52-60(57,58)38-12-13-40(41(21-38)59-46(48,49)50)51-29-44-22-31-20-32(23-44)25-45(56,24-31)28-44/h4-13,21,30-32,51,56H,14-20,22-29H2,1-3H3,(H,52,55). The lowest BCUT2D eigenvalue weighted by Crippen LogP contribution is -2.57. The lowest BCUT2D eigenvalue weighted by Gasteiger charge is -2.60. The number of piperazine rings is 1. The van der Waals surface area contributed by atoms with Gasteiger partial charge in [-0.05, 0) is 164 Å². The highest BCUT2D eigenvalue weighted by Gasteiger charge is 2.57. The van der Waals surface area contributed by atoms with Crippen molar-refractivity contribution in [2.75, 3.05) is 49.5 Å². The van der Waals surface area contributed by atoms with Crippen molar-refractivity contribution in [2.45, 2.75) is 99.5 Å². The van der Waals surface area contributed by atoms with Crippen molar-refractivity contribution in [2.24, 2.45) is 28.6 Å². The molecule has 0 radical (unpaired) electrons. The number of thioether (sulfide) groups is 1. The number of nitrogens with one attached hydrogen (secondary N) is 2. The number of rotatable bonds is 12. The lowest BCUT2D eigenvalue weighted by atomic mass is 9.48. The third-order valence-corrected chi connectivity index (χ3v) is 16.7. The smallest absolute Gasteiger partial charge is 0.390 e. The van der Waals surface area contributed by atoms with E-state index in [1.807, 2.05) is 12.1 Å². The van der Waals surface area contributed by atoms with Gasteiger partial charge in [-0.1, -0.05) is 50.1 Å². The molecule has 60 heavy (non-hydrogen) atoms. The zero-order valence-corrected chi connectivity index (χ0v) is 37.0. The number of benzene rings is 3. The van der Waals surface area contributed by atoms with Crippen LogP contribution in [0.1, 0.15) is 94.5 Å². The van der Waals surface area contributed by atoms with Crippen LogP contribution in [-0.4, -0.2) is 74.7 Å². The fourth-order valence-electron chi connectivity index (χ4n) is 11.3. The average Bonchev–Trinajstić information content (AvgIpc) is 3.16. The predicted octanol–water partition coefficient (Wildman–Crippen LogP) is 10.2. The Balaban J connectivity index is 0.894.